The van der Waals surface area contributed by atoms with E-state index in [1.54, 1.807) is 0 Å². The van der Waals surface area contributed by atoms with E-state index in [4.69, 9.17) is 0 Å². The molecule has 2 aliphatic heterocycles. The summed E-state index contributed by atoms with van der Waals surface area (Å²) < 4.78 is 0. The van der Waals surface area contributed by atoms with Gasteiger partial charge < -0.3 is 14.9 Å². The fourth-order valence-corrected chi connectivity index (χ4v) is 3.68. The van der Waals surface area contributed by atoms with Crippen LogP contribution in [0, 0.1) is 11.3 Å². The minimum Gasteiger partial charge on any atom is -0.396 e. The molecular formula is C15H30N2O. The van der Waals surface area contributed by atoms with Crippen molar-refractivity contribution >= 4 is 0 Å². The van der Waals surface area contributed by atoms with Crippen LogP contribution in [0.3, 0.4) is 0 Å². The molecule has 3 nitrogen and oxygen atoms in total. The zero-order valence-electron chi connectivity index (χ0n) is 12.4. The number of rotatable bonds is 4. The number of piperidine rings is 2. The van der Waals surface area contributed by atoms with Gasteiger partial charge in [0.05, 0.1) is 0 Å². The van der Waals surface area contributed by atoms with Gasteiger partial charge in [-0.05, 0) is 51.7 Å². The zero-order valence-corrected chi connectivity index (χ0v) is 12.4. The molecule has 0 saturated carbocycles. The molecule has 2 aliphatic rings. The normalized spacial score (nSPS) is 34.0. The molecule has 1 N–H and O–H groups in total. The van der Waals surface area contributed by atoms with Crippen molar-refractivity contribution in [1.29, 1.82) is 0 Å². The minimum atomic E-state index is 0.0907. The Labute approximate surface area is 112 Å². The second kappa shape index (κ2) is 5.89. The molecule has 3 heteroatoms. The molecule has 0 aliphatic carbocycles. The van der Waals surface area contributed by atoms with Crippen molar-refractivity contribution < 1.29 is 5.11 Å². The highest BCUT2D eigenvalue weighted by Gasteiger charge is 2.36. The van der Waals surface area contributed by atoms with Crippen LogP contribution in [0.2, 0.25) is 0 Å². The number of hydrogen-bond donors (Lipinski definition) is 1. The maximum atomic E-state index is 9.56. The van der Waals surface area contributed by atoms with E-state index in [-0.39, 0.29) is 5.41 Å². The van der Waals surface area contributed by atoms with Crippen LogP contribution >= 0.6 is 0 Å². The number of aliphatic hydroxyl groups excluding tert-OH is 1. The Morgan fingerprint density at radius 1 is 1.28 bits per heavy atom. The zero-order chi connectivity index (χ0) is 13.2. The van der Waals surface area contributed by atoms with Gasteiger partial charge in [-0.2, -0.15) is 0 Å². The molecule has 3 atom stereocenters. The second-order valence-electron chi connectivity index (χ2n) is 6.80. The van der Waals surface area contributed by atoms with Crippen LogP contribution in [-0.4, -0.2) is 60.8 Å². The van der Waals surface area contributed by atoms with Gasteiger partial charge in [0.1, 0.15) is 0 Å². The van der Waals surface area contributed by atoms with Gasteiger partial charge in [0.2, 0.25) is 0 Å². The number of aliphatic hydroxyl groups is 1. The Bertz CT molecular complexity index is 265. The standard InChI is InChI=1S/C15H30N2O/c1-4-15(2,12-18)11-17-9-7-14-13(10-17)6-5-8-16(14)3/h13-14,18H,4-12H2,1-3H3. The van der Waals surface area contributed by atoms with Crippen molar-refractivity contribution in [1.82, 2.24) is 9.80 Å². The predicted molar refractivity (Wildman–Crippen MR) is 75.7 cm³/mol. The number of nitrogens with zero attached hydrogens (tertiary/aromatic N) is 2. The minimum absolute atomic E-state index is 0.0907. The van der Waals surface area contributed by atoms with E-state index in [2.05, 4.69) is 30.7 Å². The van der Waals surface area contributed by atoms with Crippen LogP contribution in [0.4, 0.5) is 0 Å². The summed E-state index contributed by atoms with van der Waals surface area (Å²) in [4.78, 5) is 5.16. The first-order chi connectivity index (χ1) is 8.58. The summed E-state index contributed by atoms with van der Waals surface area (Å²) in [5, 5.41) is 9.56. The number of fused-ring (bicyclic) bond motifs is 1. The molecule has 106 valence electrons. The lowest BCUT2D eigenvalue weighted by atomic mass is 9.82. The monoisotopic (exact) mass is 254 g/mol. The van der Waals surface area contributed by atoms with Crippen molar-refractivity contribution in [3.05, 3.63) is 0 Å². The van der Waals surface area contributed by atoms with Gasteiger partial charge in [0.15, 0.2) is 0 Å². The number of likely N-dealkylation sites (tertiary alicyclic amines) is 2. The third-order valence-electron chi connectivity index (χ3n) is 5.27. The SMILES string of the molecule is CCC(C)(CO)CN1CCC2C(CCCN2C)C1. The molecule has 3 unspecified atom stereocenters. The molecule has 2 fully saturated rings. The first kappa shape index (κ1) is 14.3. The lowest BCUT2D eigenvalue weighted by Gasteiger charge is -2.47. The van der Waals surface area contributed by atoms with Gasteiger partial charge in [0, 0.05) is 31.2 Å². The molecule has 0 aromatic carbocycles. The largest absolute Gasteiger partial charge is 0.396 e. The Balaban J connectivity index is 1.90. The Morgan fingerprint density at radius 3 is 2.72 bits per heavy atom. The van der Waals surface area contributed by atoms with Crippen LogP contribution in [0.1, 0.15) is 39.5 Å². The molecule has 0 radical (unpaired) electrons. The highest BCUT2D eigenvalue weighted by atomic mass is 16.3. The quantitative estimate of drug-likeness (QED) is 0.829. The smallest absolute Gasteiger partial charge is 0.0496 e. The van der Waals surface area contributed by atoms with E-state index in [0.29, 0.717) is 6.61 Å². The van der Waals surface area contributed by atoms with Gasteiger partial charge in [0.25, 0.3) is 0 Å². The summed E-state index contributed by atoms with van der Waals surface area (Å²) in [6, 6.07) is 0.817. The topological polar surface area (TPSA) is 26.7 Å². The first-order valence-corrected chi connectivity index (χ1v) is 7.61. The molecule has 0 spiro atoms. The first-order valence-electron chi connectivity index (χ1n) is 7.61. The highest BCUT2D eigenvalue weighted by Crippen LogP contribution is 2.31. The van der Waals surface area contributed by atoms with Crippen LogP contribution in [-0.2, 0) is 0 Å². The van der Waals surface area contributed by atoms with Gasteiger partial charge in [-0.3, -0.25) is 0 Å². The van der Waals surface area contributed by atoms with E-state index < -0.39 is 0 Å². The molecular weight excluding hydrogens is 224 g/mol. The fourth-order valence-electron chi connectivity index (χ4n) is 3.68. The maximum absolute atomic E-state index is 9.56. The Morgan fingerprint density at radius 2 is 2.06 bits per heavy atom. The summed E-state index contributed by atoms with van der Waals surface area (Å²) in [5.41, 5.74) is 0.0907. The lowest BCUT2D eigenvalue weighted by molar-refractivity contribution is 0.00890. The molecule has 0 bridgehead atoms. The van der Waals surface area contributed by atoms with Crippen LogP contribution in [0.5, 0.6) is 0 Å². The summed E-state index contributed by atoms with van der Waals surface area (Å²) in [5.74, 6) is 0.859. The average molecular weight is 254 g/mol. The summed E-state index contributed by atoms with van der Waals surface area (Å²) >= 11 is 0. The van der Waals surface area contributed by atoms with Gasteiger partial charge in [-0.1, -0.05) is 13.8 Å². The third-order valence-corrected chi connectivity index (χ3v) is 5.27. The van der Waals surface area contributed by atoms with E-state index >= 15 is 0 Å². The van der Waals surface area contributed by atoms with Crippen molar-refractivity contribution in [3.8, 4) is 0 Å². The molecule has 2 rings (SSSR count). The van der Waals surface area contributed by atoms with Gasteiger partial charge in [-0.15, -0.1) is 0 Å². The summed E-state index contributed by atoms with van der Waals surface area (Å²) in [7, 11) is 2.29. The lowest BCUT2D eigenvalue weighted by Crippen LogP contribution is -2.54. The maximum Gasteiger partial charge on any atom is 0.0496 e. The predicted octanol–water partition coefficient (Wildman–Crippen LogP) is 1.81. The number of hydrogen-bond acceptors (Lipinski definition) is 3. The van der Waals surface area contributed by atoms with Crippen molar-refractivity contribution in [2.24, 2.45) is 11.3 Å². The van der Waals surface area contributed by atoms with Crippen molar-refractivity contribution in [2.75, 3.05) is 39.8 Å². The van der Waals surface area contributed by atoms with Crippen LogP contribution < -0.4 is 0 Å². The fraction of sp³-hybridized carbons (Fsp3) is 1.00. The van der Waals surface area contributed by atoms with E-state index in [0.717, 1.165) is 24.9 Å². The molecule has 2 heterocycles. The summed E-state index contributed by atoms with van der Waals surface area (Å²) in [6.07, 6.45) is 5.13. The van der Waals surface area contributed by atoms with E-state index in [1.165, 1.54) is 38.9 Å². The van der Waals surface area contributed by atoms with Crippen LogP contribution in [0.15, 0.2) is 0 Å². The molecule has 0 aromatic rings. The van der Waals surface area contributed by atoms with E-state index in [9.17, 15) is 5.11 Å². The van der Waals surface area contributed by atoms with Crippen molar-refractivity contribution in [2.45, 2.75) is 45.6 Å². The Kier molecular flexibility index (Phi) is 4.68. The Hall–Kier alpha value is -0.120. The van der Waals surface area contributed by atoms with Gasteiger partial charge >= 0.3 is 0 Å². The summed E-state index contributed by atoms with van der Waals surface area (Å²) in [6.45, 7) is 9.51. The molecule has 0 aromatic heterocycles. The third kappa shape index (κ3) is 3.06. The molecule has 2 saturated heterocycles. The van der Waals surface area contributed by atoms with Crippen LogP contribution in [0.25, 0.3) is 0 Å². The second-order valence-corrected chi connectivity index (χ2v) is 6.80. The van der Waals surface area contributed by atoms with Crippen molar-refractivity contribution in [3.63, 3.8) is 0 Å². The van der Waals surface area contributed by atoms with E-state index in [1.807, 2.05) is 0 Å². The highest BCUT2D eigenvalue weighted by molar-refractivity contribution is 4.90. The molecule has 0 amide bonds. The average Bonchev–Trinajstić information content (AvgIpc) is 2.39. The molecule has 18 heavy (non-hydrogen) atoms. The van der Waals surface area contributed by atoms with Gasteiger partial charge in [-0.25, -0.2) is 0 Å².